The Bertz CT molecular complexity index is 87.8. The average Bonchev–Trinajstić information content (AvgIpc) is 2.59. The van der Waals surface area contributed by atoms with Crippen LogP contribution in [-0.2, 0) is 0 Å². The Kier molecular flexibility index (Phi) is 1.91. The van der Waals surface area contributed by atoms with Crippen LogP contribution in [-0.4, -0.2) is 13.1 Å². The Labute approximate surface area is 62.4 Å². The molecule has 2 fully saturated rings. The maximum Gasteiger partial charge on any atom is 0.0347 e. The van der Waals surface area contributed by atoms with E-state index in [-0.39, 0.29) is 0 Å². The first-order valence-electron chi connectivity index (χ1n) is 4.36. The van der Waals surface area contributed by atoms with Crippen LogP contribution >= 0.6 is 0 Å². The van der Waals surface area contributed by atoms with E-state index in [0.29, 0.717) is 0 Å². The van der Waals surface area contributed by atoms with Gasteiger partial charge in [-0.2, -0.15) is 5.43 Å². The summed E-state index contributed by atoms with van der Waals surface area (Å²) < 4.78 is 0. The minimum atomic E-state index is 0.877. The summed E-state index contributed by atoms with van der Waals surface area (Å²) in [5, 5.41) is 0. The van der Waals surface area contributed by atoms with Crippen LogP contribution in [0.15, 0.2) is 0 Å². The zero-order chi connectivity index (χ0) is 6.81. The SMILES string of the molecule is C1CCC(C2C[N]NC2)C1. The van der Waals surface area contributed by atoms with E-state index in [1.54, 1.807) is 0 Å². The summed E-state index contributed by atoms with van der Waals surface area (Å²) >= 11 is 0. The molecule has 1 saturated heterocycles. The molecule has 1 saturated carbocycles. The first-order chi connectivity index (χ1) is 4.97. The monoisotopic (exact) mass is 139 g/mol. The highest BCUT2D eigenvalue weighted by atomic mass is 15.4. The van der Waals surface area contributed by atoms with Gasteiger partial charge in [0.2, 0.25) is 0 Å². The van der Waals surface area contributed by atoms with E-state index in [1.165, 1.54) is 25.7 Å². The van der Waals surface area contributed by atoms with Crippen molar-refractivity contribution in [2.24, 2.45) is 11.8 Å². The van der Waals surface area contributed by atoms with Crippen LogP contribution in [0.1, 0.15) is 25.7 Å². The van der Waals surface area contributed by atoms with E-state index in [9.17, 15) is 0 Å². The average molecular weight is 139 g/mol. The van der Waals surface area contributed by atoms with Gasteiger partial charge < -0.3 is 0 Å². The molecule has 0 bridgehead atoms. The van der Waals surface area contributed by atoms with Gasteiger partial charge in [0, 0.05) is 13.1 Å². The molecule has 10 heavy (non-hydrogen) atoms. The van der Waals surface area contributed by atoms with Crippen molar-refractivity contribution in [2.75, 3.05) is 13.1 Å². The van der Waals surface area contributed by atoms with Gasteiger partial charge in [-0.05, 0) is 11.8 Å². The van der Waals surface area contributed by atoms with Crippen LogP contribution in [0.2, 0.25) is 0 Å². The van der Waals surface area contributed by atoms with E-state index in [2.05, 4.69) is 10.9 Å². The first-order valence-corrected chi connectivity index (χ1v) is 4.36. The second kappa shape index (κ2) is 2.89. The van der Waals surface area contributed by atoms with Gasteiger partial charge in [-0.25, -0.2) is 5.43 Å². The molecule has 1 aliphatic heterocycles. The standard InChI is InChI=1S/C8H15N2/c1-2-4-7(3-1)8-5-9-10-6-8/h7-9H,1-6H2. The molecule has 2 nitrogen and oxygen atoms in total. The summed E-state index contributed by atoms with van der Waals surface area (Å²) in [5.41, 5.74) is 7.23. The van der Waals surface area contributed by atoms with Gasteiger partial charge in [0.05, 0.1) is 0 Å². The molecule has 0 aromatic rings. The zero-order valence-corrected chi connectivity index (χ0v) is 6.34. The largest absolute Gasteiger partial charge is 0.240 e. The smallest absolute Gasteiger partial charge is 0.0347 e. The van der Waals surface area contributed by atoms with E-state index in [0.717, 1.165) is 24.9 Å². The van der Waals surface area contributed by atoms with Crippen molar-refractivity contribution in [1.82, 2.24) is 10.9 Å². The number of hydrogen-bond donors (Lipinski definition) is 1. The molecular formula is C8H15N2. The molecule has 2 heteroatoms. The van der Waals surface area contributed by atoms with Gasteiger partial charge in [0.15, 0.2) is 0 Å². The summed E-state index contributed by atoms with van der Waals surface area (Å²) in [4.78, 5) is 0. The Morgan fingerprint density at radius 3 is 2.50 bits per heavy atom. The second-order valence-electron chi connectivity index (χ2n) is 3.51. The summed E-state index contributed by atoms with van der Waals surface area (Å²) in [6.07, 6.45) is 5.84. The van der Waals surface area contributed by atoms with Gasteiger partial charge in [-0.3, -0.25) is 0 Å². The predicted octanol–water partition coefficient (Wildman–Crippen LogP) is 0.915. The van der Waals surface area contributed by atoms with E-state index in [1.807, 2.05) is 0 Å². The minimum absolute atomic E-state index is 0.877. The lowest BCUT2D eigenvalue weighted by Gasteiger charge is -2.14. The Balaban J connectivity index is 1.85. The lowest BCUT2D eigenvalue weighted by molar-refractivity contribution is 0.381. The molecular weight excluding hydrogens is 124 g/mol. The summed E-state index contributed by atoms with van der Waals surface area (Å²) in [6, 6.07) is 0. The van der Waals surface area contributed by atoms with Crippen molar-refractivity contribution in [2.45, 2.75) is 25.7 Å². The maximum atomic E-state index is 4.16. The van der Waals surface area contributed by atoms with Gasteiger partial charge in [-0.15, -0.1) is 0 Å². The highest BCUT2D eigenvalue weighted by Gasteiger charge is 2.27. The van der Waals surface area contributed by atoms with Crippen molar-refractivity contribution >= 4 is 0 Å². The number of nitrogens with zero attached hydrogens (tertiary/aromatic N) is 1. The third-order valence-electron chi connectivity index (χ3n) is 2.86. The van der Waals surface area contributed by atoms with Crippen LogP contribution in [0.4, 0.5) is 0 Å². The van der Waals surface area contributed by atoms with Crippen LogP contribution in [0.5, 0.6) is 0 Å². The number of rotatable bonds is 1. The molecule has 1 aliphatic carbocycles. The fraction of sp³-hybridized carbons (Fsp3) is 1.00. The molecule has 1 unspecified atom stereocenters. The van der Waals surface area contributed by atoms with E-state index in [4.69, 9.17) is 0 Å². The molecule has 0 aromatic heterocycles. The molecule has 2 rings (SSSR count). The maximum absolute atomic E-state index is 4.16. The summed E-state index contributed by atoms with van der Waals surface area (Å²) in [5.74, 6) is 1.88. The molecule has 0 spiro atoms. The first kappa shape index (κ1) is 6.62. The second-order valence-corrected chi connectivity index (χ2v) is 3.51. The highest BCUT2D eigenvalue weighted by Crippen LogP contribution is 2.31. The molecule has 1 heterocycles. The zero-order valence-electron chi connectivity index (χ0n) is 6.34. The Morgan fingerprint density at radius 2 is 1.90 bits per heavy atom. The quantitative estimate of drug-likeness (QED) is 0.574. The van der Waals surface area contributed by atoms with Gasteiger partial charge in [-0.1, -0.05) is 25.7 Å². The third kappa shape index (κ3) is 1.18. The number of nitrogens with one attached hydrogen (secondary N) is 1. The Hall–Kier alpha value is -0.0800. The molecule has 1 atom stereocenters. The lowest BCUT2D eigenvalue weighted by Crippen LogP contribution is -2.16. The highest BCUT2D eigenvalue weighted by molar-refractivity contribution is 4.80. The van der Waals surface area contributed by atoms with Crippen LogP contribution < -0.4 is 10.9 Å². The van der Waals surface area contributed by atoms with Crippen molar-refractivity contribution in [3.05, 3.63) is 0 Å². The van der Waals surface area contributed by atoms with Gasteiger partial charge >= 0.3 is 0 Å². The molecule has 57 valence electrons. The van der Waals surface area contributed by atoms with Crippen LogP contribution in [0.25, 0.3) is 0 Å². The third-order valence-corrected chi connectivity index (χ3v) is 2.86. The van der Waals surface area contributed by atoms with E-state index >= 15 is 0 Å². The van der Waals surface area contributed by atoms with Crippen LogP contribution in [0, 0.1) is 11.8 Å². The topological polar surface area (TPSA) is 26.1 Å². The molecule has 0 amide bonds. The van der Waals surface area contributed by atoms with E-state index < -0.39 is 0 Å². The fourth-order valence-corrected chi connectivity index (χ4v) is 2.17. The summed E-state index contributed by atoms with van der Waals surface area (Å²) in [6.45, 7) is 2.22. The minimum Gasteiger partial charge on any atom is -0.240 e. The number of hydrogen-bond acceptors (Lipinski definition) is 1. The summed E-state index contributed by atoms with van der Waals surface area (Å²) in [7, 11) is 0. The van der Waals surface area contributed by atoms with Crippen molar-refractivity contribution in [1.29, 1.82) is 0 Å². The molecule has 0 aromatic carbocycles. The molecule has 1 N–H and O–H groups in total. The van der Waals surface area contributed by atoms with Crippen molar-refractivity contribution in [3.63, 3.8) is 0 Å². The normalized spacial score (nSPS) is 30.0. The lowest BCUT2D eigenvalue weighted by atomic mass is 9.92. The Morgan fingerprint density at radius 1 is 1.10 bits per heavy atom. The van der Waals surface area contributed by atoms with Crippen LogP contribution in [0.3, 0.4) is 0 Å². The molecule has 1 radical (unpaired) electrons. The van der Waals surface area contributed by atoms with Gasteiger partial charge in [0.25, 0.3) is 0 Å². The van der Waals surface area contributed by atoms with Crippen molar-refractivity contribution < 1.29 is 0 Å². The van der Waals surface area contributed by atoms with Gasteiger partial charge in [0.1, 0.15) is 0 Å². The molecule has 2 aliphatic rings. The fourth-order valence-electron chi connectivity index (χ4n) is 2.17. The predicted molar refractivity (Wildman–Crippen MR) is 40.5 cm³/mol. The van der Waals surface area contributed by atoms with Crippen molar-refractivity contribution in [3.8, 4) is 0 Å².